The number of rotatable bonds is 1. The van der Waals surface area contributed by atoms with Crippen LogP contribution in [0.15, 0.2) is 35.2 Å². The molecule has 1 aliphatic rings. The highest BCUT2D eigenvalue weighted by atomic mass is 35.5. The summed E-state index contributed by atoms with van der Waals surface area (Å²) < 4.78 is 1.25. The van der Waals surface area contributed by atoms with Crippen LogP contribution in [0, 0.1) is 0 Å². The van der Waals surface area contributed by atoms with Gasteiger partial charge in [-0.25, -0.2) is 9.98 Å². The Bertz CT molecular complexity index is 475. The number of nitrogens with zero attached hydrogens (tertiary/aromatic N) is 3. The van der Waals surface area contributed by atoms with Crippen LogP contribution in [0.2, 0.25) is 0 Å². The molecule has 0 saturated carbocycles. The molecule has 16 heavy (non-hydrogen) atoms. The lowest BCUT2D eigenvalue weighted by Crippen LogP contribution is -2.53. The fraction of sp³-hybridized carbons (Fsp3) is 0.125. The van der Waals surface area contributed by atoms with Crippen molar-refractivity contribution < 1.29 is 4.79 Å². The summed E-state index contributed by atoms with van der Waals surface area (Å²) in [5.74, 6) is -0.385. The smallest absolute Gasteiger partial charge is 0.285 e. The predicted octanol–water partition coefficient (Wildman–Crippen LogP) is -0.824. The van der Waals surface area contributed by atoms with E-state index in [9.17, 15) is 4.79 Å². The van der Waals surface area contributed by atoms with Gasteiger partial charge in [0.15, 0.2) is 5.70 Å². The number of nitrogens with two attached hydrogens (primary N) is 2. The van der Waals surface area contributed by atoms with Gasteiger partial charge >= 0.3 is 0 Å². The molecular formula is C8H9ClN6O. The average molecular weight is 241 g/mol. The Hall–Kier alpha value is -1.86. The normalized spacial score (nSPS) is 24.4. The molecule has 1 atom stereocenters. The summed E-state index contributed by atoms with van der Waals surface area (Å²) in [5, 5.41) is 1.19. The molecule has 7 nitrogen and oxygen atoms in total. The van der Waals surface area contributed by atoms with E-state index in [1.54, 1.807) is 0 Å². The maximum Gasteiger partial charge on any atom is 0.285 e. The first-order valence-electron chi connectivity index (χ1n) is 4.33. The maximum atomic E-state index is 11.8. The molecule has 2 rings (SSSR count). The van der Waals surface area contributed by atoms with Crippen molar-refractivity contribution in [3.63, 3.8) is 0 Å². The van der Waals surface area contributed by atoms with Crippen molar-refractivity contribution in [2.45, 2.75) is 5.12 Å². The van der Waals surface area contributed by atoms with Crippen LogP contribution in [0.4, 0.5) is 0 Å². The van der Waals surface area contributed by atoms with Crippen LogP contribution in [0.25, 0.3) is 0 Å². The maximum absolute atomic E-state index is 11.8. The van der Waals surface area contributed by atoms with Gasteiger partial charge in [-0.05, 0) is 0 Å². The lowest BCUT2D eigenvalue weighted by molar-refractivity contribution is 0.0951. The van der Waals surface area contributed by atoms with Gasteiger partial charge in [0.25, 0.3) is 5.91 Å². The number of nitrogens with one attached hydrogen (secondary N) is 1. The molecule has 0 spiro atoms. The Morgan fingerprint density at radius 2 is 2.38 bits per heavy atom. The summed E-state index contributed by atoms with van der Waals surface area (Å²) in [5.41, 5.74) is 11.1. The standard InChI is InChI=1S/C8H9ClN6O/c9-8(11)3-13-5(6(10)14-8)7(16)15-2-1-12-4-15/h1-4,14H,10-11H2. The molecule has 8 heteroatoms. The van der Waals surface area contributed by atoms with Gasteiger partial charge in [0.1, 0.15) is 12.1 Å². The molecule has 0 aromatic carbocycles. The van der Waals surface area contributed by atoms with Crippen molar-refractivity contribution in [2.24, 2.45) is 16.5 Å². The molecule has 1 aromatic heterocycles. The van der Waals surface area contributed by atoms with Gasteiger partial charge in [0, 0.05) is 12.4 Å². The van der Waals surface area contributed by atoms with Gasteiger partial charge in [-0.1, -0.05) is 11.6 Å². The van der Waals surface area contributed by atoms with E-state index >= 15 is 0 Å². The molecule has 0 bridgehead atoms. The molecule has 0 saturated heterocycles. The van der Waals surface area contributed by atoms with Gasteiger partial charge in [-0.15, -0.1) is 0 Å². The van der Waals surface area contributed by atoms with Crippen molar-refractivity contribution in [3.05, 3.63) is 30.2 Å². The van der Waals surface area contributed by atoms with E-state index < -0.39 is 11.0 Å². The van der Waals surface area contributed by atoms with E-state index in [-0.39, 0.29) is 11.5 Å². The summed E-state index contributed by atoms with van der Waals surface area (Å²) >= 11 is 5.73. The molecule has 0 fully saturated rings. The third-order valence-electron chi connectivity index (χ3n) is 1.90. The third kappa shape index (κ3) is 1.90. The molecule has 5 N–H and O–H groups in total. The van der Waals surface area contributed by atoms with Gasteiger partial charge in [-0.2, -0.15) is 0 Å². The van der Waals surface area contributed by atoms with Crippen molar-refractivity contribution >= 4 is 23.7 Å². The second-order valence-corrected chi connectivity index (χ2v) is 3.81. The minimum absolute atomic E-state index is 0.0266. The fourth-order valence-electron chi connectivity index (χ4n) is 1.20. The van der Waals surface area contributed by atoms with Crippen molar-refractivity contribution in [1.29, 1.82) is 0 Å². The largest absolute Gasteiger partial charge is 0.383 e. The Balaban J connectivity index is 2.30. The lowest BCUT2D eigenvalue weighted by atomic mass is 10.3. The number of imidazole rings is 1. The number of allylic oxidation sites excluding steroid dienone is 1. The predicted molar refractivity (Wildman–Crippen MR) is 58.5 cm³/mol. The summed E-state index contributed by atoms with van der Waals surface area (Å²) in [6, 6.07) is 0. The SMILES string of the molecule is NC1=C(C(=O)n2ccnc2)N=CC(N)(Cl)N1. The molecule has 0 amide bonds. The zero-order chi connectivity index (χ0) is 11.8. The van der Waals surface area contributed by atoms with E-state index in [1.807, 2.05) is 0 Å². The van der Waals surface area contributed by atoms with E-state index in [0.717, 1.165) is 0 Å². The summed E-state index contributed by atoms with van der Waals surface area (Å²) in [6.45, 7) is 0. The van der Waals surface area contributed by atoms with Gasteiger partial charge in [-0.3, -0.25) is 15.1 Å². The molecule has 1 aliphatic heterocycles. The van der Waals surface area contributed by atoms with Crippen LogP contribution >= 0.6 is 11.6 Å². The summed E-state index contributed by atoms with van der Waals surface area (Å²) in [6.07, 6.45) is 5.52. The van der Waals surface area contributed by atoms with Crippen LogP contribution in [0.5, 0.6) is 0 Å². The van der Waals surface area contributed by atoms with Crippen LogP contribution in [-0.4, -0.2) is 26.8 Å². The Morgan fingerprint density at radius 1 is 1.62 bits per heavy atom. The number of aromatic nitrogens is 2. The van der Waals surface area contributed by atoms with E-state index in [0.29, 0.717) is 0 Å². The zero-order valence-corrected chi connectivity index (χ0v) is 8.85. The number of carbonyl (C=O) groups is 1. The van der Waals surface area contributed by atoms with Gasteiger partial charge < -0.3 is 11.1 Å². The number of carbonyl (C=O) groups excluding carboxylic acids is 1. The third-order valence-corrected chi connectivity index (χ3v) is 2.10. The monoisotopic (exact) mass is 240 g/mol. The van der Waals surface area contributed by atoms with Crippen LogP contribution in [0.3, 0.4) is 0 Å². The second-order valence-electron chi connectivity index (χ2n) is 3.19. The molecular weight excluding hydrogens is 232 g/mol. The zero-order valence-electron chi connectivity index (χ0n) is 8.09. The van der Waals surface area contributed by atoms with Crippen molar-refractivity contribution in [3.8, 4) is 0 Å². The van der Waals surface area contributed by atoms with E-state index in [1.165, 1.54) is 29.5 Å². The van der Waals surface area contributed by atoms with Crippen LogP contribution < -0.4 is 16.8 Å². The first-order chi connectivity index (χ1) is 7.49. The first kappa shape index (κ1) is 10.7. The number of hydrogen-bond donors (Lipinski definition) is 3. The minimum Gasteiger partial charge on any atom is -0.383 e. The van der Waals surface area contributed by atoms with Crippen LogP contribution in [-0.2, 0) is 0 Å². The quantitative estimate of drug-likeness (QED) is 0.439. The molecule has 0 radical (unpaired) electrons. The van der Waals surface area contributed by atoms with Gasteiger partial charge in [0.2, 0.25) is 5.12 Å². The number of alkyl halides is 1. The number of hydrogen-bond acceptors (Lipinski definition) is 6. The Labute approximate surface area is 95.8 Å². The first-order valence-corrected chi connectivity index (χ1v) is 4.71. The minimum atomic E-state index is -1.36. The summed E-state index contributed by atoms with van der Waals surface area (Å²) in [4.78, 5) is 19.4. The number of aliphatic imine (C=N–C) groups is 1. The fourth-order valence-corrected chi connectivity index (χ4v) is 1.35. The topological polar surface area (TPSA) is 111 Å². The molecule has 84 valence electrons. The molecule has 0 aliphatic carbocycles. The Kier molecular flexibility index (Phi) is 2.41. The highest BCUT2D eigenvalue weighted by molar-refractivity contribution is 6.31. The highest BCUT2D eigenvalue weighted by Crippen LogP contribution is 2.13. The van der Waals surface area contributed by atoms with Gasteiger partial charge in [0.05, 0.1) is 6.21 Å². The lowest BCUT2D eigenvalue weighted by Gasteiger charge is -2.24. The van der Waals surface area contributed by atoms with Crippen molar-refractivity contribution in [1.82, 2.24) is 14.9 Å². The number of halogens is 1. The molecule has 1 aromatic rings. The van der Waals surface area contributed by atoms with Crippen LogP contribution in [0.1, 0.15) is 4.79 Å². The molecule has 2 heterocycles. The van der Waals surface area contributed by atoms with E-state index in [4.69, 9.17) is 23.1 Å². The van der Waals surface area contributed by atoms with E-state index in [2.05, 4.69) is 15.3 Å². The van der Waals surface area contributed by atoms with Crippen molar-refractivity contribution in [2.75, 3.05) is 0 Å². The Morgan fingerprint density at radius 3 is 2.94 bits per heavy atom. The second kappa shape index (κ2) is 3.62. The highest BCUT2D eigenvalue weighted by Gasteiger charge is 2.27. The summed E-state index contributed by atoms with van der Waals surface area (Å²) in [7, 11) is 0. The average Bonchev–Trinajstić information content (AvgIpc) is 2.68. The molecule has 1 unspecified atom stereocenters.